The Bertz CT molecular complexity index is 1200. The number of hydrazine groups is 1. The van der Waals surface area contributed by atoms with Crippen molar-refractivity contribution in [3.8, 4) is 17.2 Å². The van der Waals surface area contributed by atoms with Gasteiger partial charge in [0.05, 0.1) is 25.5 Å². The van der Waals surface area contributed by atoms with E-state index in [-0.39, 0.29) is 5.57 Å². The molecule has 2 amide bonds. The lowest BCUT2D eigenvalue weighted by Crippen LogP contribution is -2.35. The fraction of sp³-hybridized carbons (Fsp3) is 0.214. The Hall–Kier alpha value is -4.30. The molecular formula is C28H28N2O6. The Morgan fingerprint density at radius 2 is 1.47 bits per heavy atom. The monoisotopic (exact) mass is 488 g/mol. The molecule has 0 bridgehead atoms. The first kappa shape index (κ1) is 24.8. The van der Waals surface area contributed by atoms with Crippen LogP contribution in [0.15, 0.2) is 84.4 Å². The number of hydrogen-bond donors (Lipinski definition) is 1. The van der Waals surface area contributed by atoms with Gasteiger partial charge in [-0.2, -0.15) is 0 Å². The molecule has 0 radical (unpaired) electrons. The molecule has 1 saturated heterocycles. The van der Waals surface area contributed by atoms with Crippen LogP contribution in [0.5, 0.6) is 17.2 Å². The van der Waals surface area contributed by atoms with Crippen LogP contribution in [-0.2, 0) is 14.3 Å². The molecular weight excluding hydrogens is 460 g/mol. The predicted molar refractivity (Wildman–Crippen MR) is 136 cm³/mol. The van der Waals surface area contributed by atoms with E-state index in [0.717, 1.165) is 5.75 Å². The second-order valence-corrected chi connectivity index (χ2v) is 7.74. The van der Waals surface area contributed by atoms with Crippen LogP contribution in [0.3, 0.4) is 0 Å². The molecule has 3 aromatic carbocycles. The molecule has 1 N–H and O–H groups in total. The van der Waals surface area contributed by atoms with E-state index in [9.17, 15) is 9.59 Å². The minimum atomic E-state index is -0.462. The van der Waals surface area contributed by atoms with Crippen LogP contribution in [0.25, 0.3) is 6.08 Å². The molecule has 0 aliphatic carbocycles. The maximum atomic E-state index is 12.8. The highest BCUT2D eigenvalue weighted by Gasteiger charge is 2.34. The lowest BCUT2D eigenvalue weighted by Gasteiger charge is -2.14. The third kappa shape index (κ3) is 6.43. The van der Waals surface area contributed by atoms with Crippen molar-refractivity contribution in [2.45, 2.75) is 6.92 Å². The highest BCUT2D eigenvalue weighted by Crippen LogP contribution is 2.30. The first-order valence-electron chi connectivity index (χ1n) is 11.7. The molecule has 3 aromatic rings. The molecule has 186 valence electrons. The van der Waals surface area contributed by atoms with E-state index in [2.05, 4.69) is 5.43 Å². The standard InChI is InChI=1S/C28H28N2O6/c1-2-34-26-20-21(19-24-27(31)29-30(28(24)32)22-9-5-3-6-10-22)13-14-25(26)36-18-16-33-15-17-35-23-11-7-4-8-12-23/h3-14,19-20H,2,15-18H2,1H3,(H,29,31). The SMILES string of the molecule is CCOc1cc(C=C2C(=O)NN(c3ccccc3)C2=O)ccc1OCCOCCOc1ccccc1. The zero-order valence-corrected chi connectivity index (χ0v) is 20.0. The Kier molecular flexibility index (Phi) is 8.56. The van der Waals surface area contributed by atoms with Crippen molar-refractivity contribution >= 4 is 23.6 Å². The average molecular weight is 489 g/mol. The molecule has 0 unspecified atom stereocenters. The second kappa shape index (κ2) is 12.4. The summed E-state index contributed by atoms with van der Waals surface area (Å²) in [7, 11) is 0. The molecule has 0 atom stereocenters. The Balaban J connectivity index is 1.32. The van der Waals surface area contributed by atoms with E-state index in [1.165, 1.54) is 5.01 Å². The third-order valence-corrected chi connectivity index (χ3v) is 5.21. The summed E-state index contributed by atoms with van der Waals surface area (Å²) in [6.45, 7) is 3.92. The number of carbonyl (C=O) groups is 2. The van der Waals surface area contributed by atoms with Gasteiger partial charge < -0.3 is 18.9 Å². The number of amides is 2. The van der Waals surface area contributed by atoms with Crippen molar-refractivity contribution in [1.29, 1.82) is 0 Å². The van der Waals surface area contributed by atoms with Crippen LogP contribution in [0, 0.1) is 0 Å². The number of hydrogen-bond acceptors (Lipinski definition) is 6. The van der Waals surface area contributed by atoms with Gasteiger partial charge in [0.25, 0.3) is 11.8 Å². The zero-order chi connectivity index (χ0) is 25.2. The van der Waals surface area contributed by atoms with Gasteiger partial charge in [-0.05, 0) is 55.0 Å². The predicted octanol–water partition coefficient (Wildman–Crippen LogP) is 4.02. The maximum absolute atomic E-state index is 12.8. The molecule has 0 saturated carbocycles. The Morgan fingerprint density at radius 1 is 0.778 bits per heavy atom. The quantitative estimate of drug-likeness (QED) is 0.235. The molecule has 36 heavy (non-hydrogen) atoms. The molecule has 1 aliphatic rings. The van der Waals surface area contributed by atoms with E-state index >= 15 is 0 Å². The number of ether oxygens (including phenoxy) is 4. The molecule has 4 rings (SSSR count). The summed E-state index contributed by atoms with van der Waals surface area (Å²) in [5, 5.41) is 1.24. The second-order valence-electron chi connectivity index (χ2n) is 7.74. The highest BCUT2D eigenvalue weighted by atomic mass is 16.6. The molecule has 0 aromatic heterocycles. The number of para-hydroxylation sites is 2. The van der Waals surface area contributed by atoms with E-state index in [0.29, 0.717) is 55.8 Å². The fourth-order valence-electron chi connectivity index (χ4n) is 3.53. The smallest absolute Gasteiger partial charge is 0.282 e. The van der Waals surface area contributed by atoms with Gasteiger partial charge in [-0.3, -0.25) is 15.0 Å². The summed E-state index contributed by atoms with van der Waals surface area (Å²) in [6.07, 6.45) is 1.54. The van der Waals surface area contributed by atoms with E-state index in [1.54, 1.807) is 48.5 Å². The number of carbonyl (C=O) groups excluding carboxylic acids is 2. The molecule has 8 heteroatoms. The van der Waals surface area contributed by atoms with Crippen molar-refractivity contribution in [3.63, 3.8) is 0 Å². The summed E-state index contributed by atoms with van der Waals surface area (Å²) in [5.41, 5.74) is 3.88. The molecule has 1 heterocycles. The van der Waals surface area contributed by atoms with Gasteiger partial charge in [-0.25, -0.2) is 5.01 Å². The summed E-state index contributed by atoms with van der Waals surface area (Å²) in [6, 6.07) is 23.8. The van der Waals surface area contributed by atoms with Crippen molar-refractivity contribution in [3.05, 3.63) is 90.0 Å². The van der Waals surface area contributed by atoms with Crippen LogP contribution in [0.4, 0.5) is 5.69 Å². The lowest BCUT2D eigenvalue weighted by atomic mass is 10.1. The van der Waals surface area contributed by atoms with E-state index < -0.39 is 11.8 Å². The molecule has 0 spiro atoms. The molecule has 1 aliphatic heterocycles. The van der Waals surface area contributed by atoms with Gasteiger partial charge in [0.1, 0.15) is 24.5 Å². The minimum Gasteiger partial charge on any atom is -0.491 e. The fourth-order valence-corrected chi connectivity index (χ4v) is 3.53. The van der Waals surface area contributed by atoms with Gasteiger partial charge in [0.2, 0.25) is 0 Å². The van der Waals surface area contributed by atoms with Crippen LogP contribution in [0.2, 0.25) is 0 Å². The highest BCUT2D eigenvalue weighted by molar-refractivity contribution is 6.31. The summed E-state index contributed by atoms with van der Waals surface area (Å²) in [5.74, 6) is 0.994. The van der Waals surface area contributed by atoms with Gasteiger partial charge in [0.15, 0.2) is 11.5 Å². The van der Waals surface area contributed by atoms with Gasteiger partial charge in [0, 0.05) is 0 Å². The number of anilines is 1. The number of benzene rings is 3. The van der Waals surface area contributed by atoms with E-state index in [1.807, 2.05) is 43.3 Å². The summed E-state index contributed by atoms with van der Waals surface area (Å²) >= 11 is 0. The van der Waals surface area contributed by atoms with Crippen molar-refractivity contribution in [1.82, 2.24) is 5.43 Å². The van der Waals surface area contributed by atoms with Gasteiger partial charge in [-0.15, -0.1) is 0 Å². The number of nitrogens with zero attached hydrogens (tertiary/aromatic N) is 1. The number of rotatable bonds is 12. The van der Waals surface area contributed by atoms with Gasteiger partial charge >= 0.3 is 0 Å². The summed E-state index contributed by atoms with van der Waals surface area (Å²) < 4.78 is 22.7. The van der Waals surface area contributed by atoms with Crippen molar-refractivity contribution < 1.29 is 28.5 Å². The third-order valence-electron chi connectivity index (χ3n) is 5.21. The zero-order valence-electron chi connectivity index (χ0n) is 20.0. The normalized spacial score (nSPS) is 14.1. The first-order chi connectivity index (χ1) is 17.7. The van der Waals surface area contributed by atoms with Crippen LogP contribution in [0.1, 0.15) is 12.5 Å². The van der Waals surface area contributed by atoms with Crippen LogP contribution in [-0.4, -0.2) is 44.8 Å². The topological polar surface area (TPSA) is 86.3 Å². The maximum Gasteiger partial charge on any atom is 0.282 e. The van der Waals surface area contributed by atoms with Crippen molar-refractivity contribution in [2.24, 2.45) is 0 Å². The van der Waals surface area contributed by atoms with Crippen LogP contribution >= 0.6 is 0 Å². The largest absolute Gasteiger partial charge is 0.491 e. The molecule has 1 fully saturated rings. The first-order valence-corrected chi connectivity index (χ1v) is 11.7. The average Bonchev–Trinajstić information content (AvgIpc) is 3.19. The number of nitrogens with one attached hydrogen (secondary N) is 1. The lowest BCUT2D eigenvalue weighted by molar-refractivity contribution is -0.117. The van der Waals surface area contributed by atoms with Gasteiger partial charge in [-0.1, -0.05) is 42.5 Å². The Labute approximate surface area is 210 Å². The minimum absolute atomic E-state index is 0.0427. The van der Waals surface area contributed by atoms with E-state index in [4.69, 9.17) is 18.9 Å². The van der Waals surface area contributed by atoms with Crippen LogP contribution < -0.4 is 24.6 Å². The Morgan fingerprint density at radius 3 is 2.19 bits per heavy atom. The van der Waals surface area contributed by atoms with Crippen molar-refractivity contribution in [2.75, 3.05) is 38.0 Å². The molecule has 8 nitrogen and oxygen atoms in total. The summed E-state index contributed by atoms with van der Waals surface area (Å²) in [4.78, 5) is 25.3.